The zero-order valence-corrected chi connectivity index (χ0v) is 17.5. The van der Waals surface area contributed by atoms with E-state index in [9.17, 15) is 9.59 Å². The highest BCUT2D eigenvalue weighted by Crippen LogP contribution is 2.31. The lowest BCUT2D eigenvalue weighted by molar-refractivity contribution is -0.157. The van der Waals surface area contributed by atoms with Gasteiger partial charge in [-0.15, -0.1) is 11.8 Å². The number of benzene rings is 1. The Morgan fingerprint density at radius 1 is 1.18 bits per heavy atom. The van der Waals surface area contributed by atoms with Crippen molar-refractivity contribution < 1.29 is 23.8 Å². The van der Waals surface area contributed by atoms with Crippen LogP contribution in [-0.2, 0) is 21.1 Å². The van der Waals surface area contributed by atoms with Gasteiger partial charge in [0.2, 0.25) is 5.91 Å². The average Bonchev–Trinajstić information content (AvgIpc) is 3.10. The SMILES string of the molecule is COc1ccc(SCC(=O)Nc2cnn(COC(=O)C(C)(C)C)c2)cc1OC. The summed E-state index contributed by atoms with van der Waals surface area (Å²) in [7, 11) is 3.14. The molecule has 1 heterocycles. The van der Waals surface area contributed by atoms with Crippen LogP contribution in [0.25, 0.3) is 0 Å². The van der Waals surface area contributed by atoms with Crippen molar-refractivity contribution in [1.29, 1.82) is 0 Å². The zero-order valence-electron chi connectivity index (χ0n) is 16.6. The van der Waals surface area contributed by atoms with E-state index in [1.54, 1.807) is 47.3 Å². The van der Waals surface area contributed by atoms with Gasteiger partial charge in [0.15, 0.2) is 18.2 Å². The molecule has 8 nitrogen and oxygen atoms in total. The van der Waals surface area contributed by atoms with Crippen LogP contribution < -0.4 is 14.8 Å². The Morgan fingerprint density at radius 3 is 2.54 bits per heavy atom. The van der Waals surface area contributed by atoms with Gasteiger partial charge in [0, 0.05) is 4.90 Å². The third kappa shape index (κ3) is 6.19. The first-order valence-electron chi connectivity index (χ1n) is 8.57. The molecule has 1 N–H and O–H groups in total. The van der Waals surface area contributed by atoms with E-state index in [-0.39, 0.29) is 24.4 Å². The van der Waals surface area contributed by atoms with Crippen LogP contribution >= 0.6 is 11.8 Å². The first kappa shape index (κ1) is 21.6. The van der Waals surface area contributed by atoms with Crippen LogP contribution in [0.4, 0.5) is 5.69 Å². The largest absolute Gasteiger partial charge is 0.493 e. The molecule has 1 aromatic heterocycles. The lowest BCUT2D eigenvalue weighted by Gasteiger charge is -2.16. The van der Waals surface area contributed by atoms with Crippen molar-refractivity contribution in [3.8, 4) is 11.5 Å². The van der Waals surface area contributed by atoms with E-state index in [1.807, 2.05) is 12.1 Å². The summed E-state index contributed by atoms with van der Waals surface area (Å²) in [6, 6.07) is 5.47. The molecule has 0 saturated heterocycles. The molecule has 28 heavy (non-hydrogen) atoms. The summed E-state index contributed by atoms with van der Waals surface area (Å²) in [6.07, 6.45) is 3.11. The maximum absolute atomic E-state index is 12.2. The summed E-state index contributed by atoms with van der Waals surface area (Å²) in [5.74, 6) is 0.973. The van der Waals surface area contributed by atoms with Crippen molar-refractivity contribution in [2.45, 2.75) is 32.4 Å². The molecule has 0 fully saturated rings. The van der Waals surface area contributed by atoms with Crippen molar-refractivity contribution in [2.75, 3.05) is 25.3 Å². The van der Waals surface area contributed by atoms with Gasteiger partial charge in [-0.3, -0.25) is 9.59 Å². The minimum Gasteiger partial charge on any atom is -0.493 e. The number of rotatable bonds is 8. The maximum atomic E-state index is 12.2. The second kappa shape index (κ2) is 9.50. The first-order chi connectivity index (χ1) is 13.2. The van der Waals surface area contributed by atoms with Crippen molar-refractivity contribution in [3.05, 3.63) is 30.6 Å². The number of anilines is 1. The molecule has 0 atom stereocenters. The number of aromatic nitrogens is 2. The summed E-state index contributed by atoms with van der Waals surface area (Å²) < 4.78 is 17.1. The fourth-order valence-corrected chi connectivity index (χ4v) is 2.82. The van der Waals surface area contributed by atoms with Crippen LogP contribution in [0.1, 0.15) is 20.8 Å². The molecule has 0 saturated carbocycles. The number of nitrogens with one attached hydrogen (secondary N) is 1. The molecule has 2 aromatic rings. The second-order valence-electron chi connectivity index (χ2n) is 6.93. The molecule has 152 valence electrons. The van der Waals surface area contributed by atoms with E-state index < -0.39 is 5.41 Å². The molecule has 0 radical (unpaired) electrons. The highest BCUT2D eigenvalue weighted by atomic mass is 32.2. The predicted molar refractivity (Wildman–Crippen MR) is 107 cm³/mol. The number of carbonyl (C=O) groups is 2. The third-order valence-electron chi connectivity index (χ3n) is 3.58. The Hall–Kier alpha value is -2.68. The van der Waals surface area contributed by atoms with E-state index in [1.165, 1.54) is 22.6 Å². The van der Waals surface area contributed by atoms with Gasteiger partial charge in [-0.1, -0.05) is 0 Å². The number of hydrogen-bond acceptors (Lipinski definition) is 7. The van der Waals surface area contributed by atoms with E-state index in [0.717, 1.165) is 4.90 Å². The van der Waals surface area contributed by atoms with Crippen LogP contribution in [0, 0.1) is 5.41 Å². The monoisotopic (exact) mass is 407 g/mol. The molecule has 0 aliphatic heterocycles. The number of methoxy groups -OCH3 is 2. The Kier molecular flexibility index (Phi) is 7.33. The number of esters is 1. The number of nitrogens with zero attached hydrogens (tertiary/aromatic N) is 2. The van der Waals surface area contributed by atoms with Crippen LogP contribution in [0.3, 0.4) is 0 Å². The quantitative estimate of drug-likeness (QED) is 0.531. The molecule has 1 amide bonds. The lowest BCUT2D eigenvalue weighted by Crippen LogP contribution is -2.24. The number of ether oxygens (including phenoxy) is 3. The molecule has 2 rings (SSSR count). The zero-order chi connectivity index (χ0) is 20.7. The number of hydrogen-bond donors (Lipinski definition) is 1. The lowest BCUT2D eigenvalue weighted by atomic mass is 9.98. The molecule has 0 bridgehead atoms. The molecular weight excluding hydrogens is 382 g/mol. The van der Waals surface area contributed by atoms with Crippen molar-refractivity contribution in [3.63, 3.8) is 0 Å². The van der Waals surface area contributed by atoms with Crippen molar-refractivity contribution >= 4 is 29.3 Å². The van der Waals surface area contributed by atoms with Gasteiger partial charge in [-0.2, -0.15) is 5.10 Å². The summed E-state index contributed by atoms with van der Waals surface area (Å²) in [5.41, 5.74) is -0.0457. The minimum atomic E-state index is -0.578. The first-order valence-corrected chi connectivity index (χ1v) is 9.56. The molecule has 9 heteroatoms. The van der Waals surface area contributed by atoms with Crippen LogP contribution in [-0.4, -0.2) is 41.6 Å². The summed E-state index contributed by atoms with van der Waals surface area (Å²) in [6.45, 7) is 5.33. The fourth-order valence-electron chi connectivity index (χ4n) is 2.09. The molecule has 1 aromatic carbocycles. The maximum Gasteiger partial charge on any atom is 0.313 e. The molecular formula is C19H25N3O5S. The smallest absolute Gasteiger partial charge is 0.313 e. The van der Waals surface area contributed by atoms with Gasteiger partial charge in [0.25, 0.3) is 0 Å². The van der Waals surface area contributed by atoms with E-state index in [2.05, 4.69) is 10.4 Å². The Morgan fingerprint density at radius 2 is 1.89 bits per heavy atom. The van der Waals surface area contributed by atoms with Gasteiger partial charge in [0.1, 0.15) is 0 Å². The Balaban J connectivity index is 1.84. The van der Waals surface area contributed by atoms with E-state index in [4.69, 9.17) is 14.2 Å². The standard InChI is InChI=1S/C19H25N3O5S/c1-19(2,3)18(24)27-12-22-10-13(9-20-22)21-17(23)11-28-14-6-7-15(25-4)16(8-14)26-5/h6-10H,11-12H2,1-5H3,(H,21,23). The Bertz CT molecular complexity index is 829. The fraction of sp³-hybridized carbons (Fsp3) is 0.421. The van der Waals surface area contributed by atoms with Crippen LogP contribution in [0.2, 0.25) is 0 Å². The predicted octanol–water partition coefficient (Wildman–Crippen LogP) is 3.18. The van der Waals surface area contributed by atoms with Crippen LogP contribution in [0.5, 0.6) is 11.5 Å². The van der Waals surface area contributed by atoms with Gasteiger partial charge in [-0.05, 0) is 39.0 Å². The molecule has 0 aliphatic rings. The van der Waals surface area contributed by atoms with Crippen LogP contribution in [0.15, 0.2) is 35.5 Å². The van der Waals surface area contributed by atoms with E-state index >= 15 is 0 Å². The summed E-state index contributed by atoms with van der Waals surface area (Å²) >= 11 is 1.38. The van der Waals surface area contributed by atoms with Crippen molar-refractivity contribution in [1.82, 2.24) is 9.78 Å². The summed E-state index contributed by atoms with van der Waals surface area (Å²) in [4.78, 5) is 24.8. The van der Waals surface area contributed by atoms with Gasteiger partial charge < -0.3 is 19.5 Å². The molecule has 0 aliphatic carbocycles. The number of carbonyl (C=O) groups excluding carboxylic acids is 2. The number of amides is 1. The normalized spacial score (nSPS) is 11.0. The third-order valence-corrected chi connectivity index (χ3v) is 4.58. The second-order valence-corrected chi connectivity index (χ2v) is 7.98. The topological polar surface area (TPSA) is 91.7 Å². The van der Waals surface area contributed by atoms with Gasteiger partial charge >= 0.3 is 5.97 Å². The molecule has 0 unspecified atom stereocenters. The average molecular weight is 407 g/mol. The van der Waals surface area contributed by atoms with Crippen molar-refractivity contribution in [2.24, 2.45) is 5.41 Å². The number of thioether (sulfide) groups is 1. The van der Waals surface area contributed by atoms with Gasteiger partial charge in [0.05, 0.1) is 43.5 Å². The molecule has 0 spiro atoms. The highest BCUT2D eigenvalue weighted by molar-refractivity contribution is 8.00. The van der Waals surface area contributed by atoms with Gasteiger partial charge in [-0.25, -0.2) is 4.68 Å². The Labute approximate surface area is 168 Å². The minimum absolute atomic E-state index is 0.00757. The van der Waals surface area contributed by atoms with E-state index in [0.29, 0.717) is 17.2 Å². The summed E-state index contributed by atoms with van der Waals surface area (Å²) in [5, 5.41) is 6.83. The highest BCUT2D eigenvalue weighted by Gasteiger charge is 2.23.